The lowest BCUT2D eigenvalue weighted by Crippen LogP contribution is -2.46. The average Bonchev–Trinajstić information content (AvgIpc) is 2.73. The largest absolute Gasteiger partial charge is 0.416 e. The summed E-state index contributed by atoms with van der Waals surface area (Å²) in [6.45, 7) is 4.97. The number of pyridine rings is 1. The summed E-state index contributed by atoms with van der Waals surface area (Å²) in [7, 11) is 0. The van der Waals surface area contributed by atoms with E-state index in [1.165, 1.54) is 12.1 Å². The Morgan fingerprint density at radius 2 is 1.48 bits per heavy atom. The van der Waals surface area contributed by atoms with Crippen LogP contribution in [0.15, 0.2) is 60.7 Å². The lowest BCUT2D eigenvalue weighted by atomic mass is 10.0. The van der Waals surface area contributed by atoms with Crippen LogP contribution in [0.5, 0.6) is 0 Å². The van der Waals surface area contributed by atoms with Gasteiger partial charge in [-0.25, -0.2) is 0 Å². The molecule has 1 aromatic heterocycles. The fourth-order valence-electron chi connectivity index (χ4n) is 3.89. The first-order chi connectivity index (χ1) is 14.0. The number of hydrogen-bond donors (Lipinski definition) is 0. The summed E-state index contributed by atoms with van der Waals surface area (Å²) < 4.78 is 39.4. The Kier molecular flexibility index (Phi) is 5.83. The van der Waals surface area contributed by atoms with Crippen LogP contribution in [0.25, 0.3) is 10.9 Å². The van der Waals surface area contributed by atoms with Gasteiger partial charge in [0.2, 0.25) is 0 Å². The first-order valence-electron chi connectivity index (χ1n) is 9.93. The van der Waals surface area contributed by atoms with Gasteiger partial charge < -0.3 is 4.90 Å². The molecule has 0 radical (unpaired) electrons. The van der Waals surface area contributed by atoms with Crippen molar-refractivity contribution in [1.82, 2.24) is 14.8 Å². The Morgan fingerprint density at radius 1 is 0.793 bits per heavy atom. The summed E-state index contributed by atoms with van der Waals surface area (Å²) in [5.74, 6) is 0. The van der Waals surface area contributed by atoms with E-state index in [1.54, 1.807) is 12.1 Å². The molecule has 0 saturated carbocycles. The van der Waals surface area contributed by atoms with Gasteiger partial charge >= 0.3 is 6.18 Å². The second-order valence-corrected chi connectivity index (χ2v) is 7.52. The Labute approximate surface area is 168 Å². The highest BCUT2D eigenvalue weighted by atomic mass is 19.4. The number of alkyl halides is 3. The molecule has 3 nitrogen and oxygen atoms in total. The van der Waals surface area contributed by atoms with E-state index in [4.69, 9.17) is 4.98 Å². The van der Waals surface area contributed by atoms with E-state index in [2.05, 4.69) is 28.0 Å². The maximum absolute atomic E-state index is 13.1. The molecule has 0 bridgehead atoms. The van der Waals surface area contributed by atoms with E-state index in [9.17, 15) is 13.2 Å². The van der Waals surface area contributed by atoms with Crippen molar-refractivity contribution in [2.75, 3.05) is 32.7 Å². The Bertz CT molecular complexity index is 963. The van der Waals surface area contributed by atoms with Crippen LogP contribution in [0.2, 0.25) is 0 Å². The monoisotopic (exact) mass is 399 g/mol. The van der Waals surface area contributed by atoms with Gasteiger partial charge in [0, 0.05) is 44.7 Å². The van der Waals surface area contributed by atoms with Crippen molar-refractivity contribution in [3.05, 3.63) is 77.5 Å². The summed E-state index contributed by atoms with van der Waals surface area (Å²) >= 11 is 0. The molecule has 29 heavy (non-hydrogen) atoms. The Balaban J connectivity index is 1.30. The molecule has 0 N–H and O–H groups in total. The molecule has 2 aromatic carbocycles. The van der Waals surface area contributed by atoms with Crippen LogP contribution in [0, 0.1) is 0 Å². The van der Waals surface area contributed by atoms with Crippen molar-refractivity contribution in [2.24, 2.45) is 0 Å². The molecule has 0 atom stereocenters. The van der Waals surface area contributed by atoms with Gasteiger partial charge in [-0.3, -0.25) is 9.88 Å². The number of para-hydroxylation sites is 1. The van der Waals surface area contributed by atoms with Gasteiger partial charge in [-0.15, -0.1) is 0 Å². The van der Waals surface area contributed by atoms with E-state index in [0.717, 1.165) is 49.3 Å². The standard InChI is InChI=1S/C23H24F3N3/c24-23(25,26)21-7-3-1-5-18(21)11-12-28-13-15-29(16-14-28)17-20-10-9-19-6-2-4-8-22(19)27-20/h1-10H,11-17H2. The van der Waals surface area contributed by atoms with E-state index >= 15 is 0 Å². The minimum Gasteiger partial charge on any atom is -0.300 e. The molecule has 152 valence electrons. The number of aromatic nitrogens is 1. The normalized spacial score (nSPS) is 16.4. The van der Waals surface area contributed by atoms with Gasteiger partial charge in [0.1, 0.15) is 0 Å². The molecule has 0 unspecified atom stereocenters. The molecule has 0 amide bonds. The molecule has 6 heteroatoms. The Hall–Kier alpha value is -2.44. The maximum Gasteiger partial charge on any atom is 0.416 e. The van der Waals surface area contributed by atoms with Gasteiger partial charge in [0.05, 0.1) is 16.8 Å². The minimum atomic E-state index is -4.29. The summed E-state index contributed by atoms with van der Waals surface area (Å²) in [5, 5.41) is 1.14. The second-order valence-electron chi connectivity index (χ2n) is 7.52. The lowest BCUT2D eigenvalue weighted by Gasteiger charge is -2.34. The number of rotatable bonds is 5. The zero-order valence-electron chi connectivity index (χ0n) is 16.2. The van der Waals surface area contributed by atoms with Gasteiger partial charge in [0.15, 0.2) is 0 Å². The van der Waals surface area contributed by atoms with Crippen LogP contribution in [0.3, 0.4) is 0 Å². The molecule has 1 fully saturated rings. The minimum absolute atomic E-state index is 0.378. The van der Waals surface area contributed by atoms with Gasteiger partial charge in [-0.1, -0.05) is 42.5 Å². The quantitative estimate of drug-likeness (QED) is 0.624. The summed E-state index contributed by atoms with van der Waals surface area (Å²) in [6, 6.07) is 18.1. The smallest absolute Gasteiger partial charge is 0.300 e. The summed E-state index contributed by atoms with van der Waals surface area (Å²) in [6.07, 6.45) is -3.87. The number of nitrogens with zero attached hydrogens (tertiary/aromatic N) is 3. The lowest BCUT2D eigenvalue weighted by molar-refractivity contribution is -0.138. The van der Waals surface area contributed by atoms with Crippen LogP contribution >= 0.6 is 0 Å². The number of piperazine rings is 1. The highest BCUT2D eigenvalue weighted by molar-refractivity contribution is 5.78. The third-order valence-corrected chi connectivity index (χ3v) is 5.53. The molecule has 1 aliphatic heterocycles. The topological polar surface area (TPSA) is 19.4 Å². The third-order valence-electron chi connectivity index (χ3n) is 5.53. The van der Waals surface area contributed by atoms with Gasteiger partial charge in [-0.2, -0.15) is 13.2 Å². The predicted octanol–water partition coefficient (Wildman–Crippen LogP) is 4.61. The molecule has 0 spiro atoms. The van der Waals surface area contributed by atoms with E-state index in [1.807, 2.05) is 18.2 Å². The van der Waals surface area contributed by atoms with Crippen molar-refractivity contribution >= 4 is 10.9 Å². The van der Waals surface area contributed by atoms with Crippen LogP contribution in [0.4, 0.5) is 13.2 Å². The van der Waals surface area contributed by atoms with Crippen molar-refractivity contribution in [3.63, 3.8) is 0 Å². The molecule has 3 aromatic rings. The number of benzene rings is 2. The summed E-state index contributed by atoms with van der Waals surface area (Å²) in [5.41, 5.74) is 1.92. The molecule has 4 rings (SSSR count). The molecule has 1 saturated heterocycles. The average molecular weight is 399 g/mol. The van der Waals surface area contributed by atoms with E-state index < -0.39 is 11.7 Å². The molecular formula is C23H24F3N3. The van der Waals surface area contributed by atoms with Crippen LogP contribution in [0.1, 0.15) is 16.8 Å². The number of hydrogen-bond acceptors (Lipinski definition) is 3. The second kappa shape index (κ2) is 8.51. The Morgan fingerprint density at radius 3 is 2.28 bits per heavy atom. The fourth-order valence-corrected chi connectivity index (χ4v) is 3.89. The zero-order chi connectivity index (χ0) is 20.3. The molecule has 1 aliphatic rings. The summed E-state index contributed by atoms with van der Waals surface area (Å²) in [4.78, 5) is 9.34. The predicted molar refractivity (Wildman–Crippen MR) is 109 cm³/mol. The van der Waals surface area contributed by atoms with Crippen LogP contribution < -0.4 is 0 Å². The third kappa shape index (κ3) is 4.95. The van der Waals surface area contributed by atoms with Crippen LogP contribution in [-0.4, -0.2) is 47.5 Å². The first-order valence-corrected chi connectivity index (χ1v) is 9.93. The molecular weight excluding hydrogens is 375 g/mol. The molecule has 2 heterocycles. The zero-order valence-corrected chi connectivity index (χ0v) is 16.2. The highest BCUT2D eigenvalue weighted by Crippen LogP contribution is 2.32. The molecule has 0 aliphatic carbocycles. The SMILES string of the molecule is FC(F)(F)c1ccccc1CCN1CCN(Cc2ccc3ccccc3n2)CC1. The van der Waals surface area contributed by atoms with Crippen molar-refractivity contribution < 1.29 is 13.2 Å². The first kappa shape index (κ1) is 19.9. The van der Waals surface area contributed by atoms with Crippen molar-refractivity contribution in [3.8, 4) is 0 Å². The fraction of sp³-hybridized carbons (Fsp3) is 0.348. The number of halogens is 3. The number of fused-ring (bicyclic) bond motifs is 1. The van der Waals surface area contributed by atoms with Crippen molar-refractivity contribution in [2.45, 2.75) is 19.1 Å². The maximum atomic E-state index is 13.1. The van der Waals surface area contributed by atoms with E-state index in [0.29, 0.717) is 18.5 Å². The van der Waals surface area contributed by atoms with Gasteiger partial charge in [0.25, 0.3) is 0 Å². The van der Waals surface area contributed by atoms with E-state index in [-0.39, 0.29) is 0 Å². The van der Waals surface area contributed by atoms with Crippen molar-refractivity contribution in [1.29, 1.82) is 0 Å². The van der Waals surface area contributed by atoms with Gasteiger partial charge in [-0.05, 0) is 30.2 Å². The van der Waals surface area contributed by atoms with Crippen LogP contribution in [-0.2, 0) is 19.1 Å². The highest BCUT2D eigenvalue weighted by Gasteiger charge is 2.32.